The zero-order chi connectivity index (χ0) is 12.3. The summed E-state index contributed by atoms with van der Waals surface area (Å²) in [7, 11) is -1.08. The summed E-state index contributed by atoms with van der Waals surface area (Å²) in [6.45, 7) is 7.78. The van der Waals surface area contributed by atoms with E-state index in [1.807, 2.05) is 52.0 Å². The Labute approximate surface area is 105 Å². The monoisotopic (exact) mass is 259 g/mol. The quantitative estimate of drug-likeness (QED) is 0.885. The number of hydrogen-bond donors (Lipinski definition) is 1. The van der Waals surface area contributed by atoms with E-state index in [9.17, 15) is 4.21 Å². The van der Waals surface area contributed by atoms with Crippen molar-refractivity contribution in [1.82, 2.24) is 4.72 Å². The van der Waals surface area contributed by atoms with E-state index in [2.05, 4.69) is 4.72 Å². The lowest BCUT2D eigenvalue weighted by Gasteiger charge is -2.22. The molecule has 1 aromatic carbocycles. The van der Waals surface area contributed by atoms with Crippen molar-refractivity contribution < 1.29 is 4.21 Å². The molecule has 0 aliphatic heterocycles. The van der Waals surface area contributed by atoms with Gasteiger partial charge in [0.2, 0.25) is 0 Å². The molecule has 0 radical (unpaired) electrons. The van der Waals surface area contributed by atoms with E-state index in [0.29, 0.717) is 5.02 Å². The van der Waals surface area contributed by atoms with Crippen LogP contribution in [-0.4, -0.2) is 8.96 Å². The van der Waals surface area contributed by atoms with Gasteiger partial charge < -0.3 is 0 Å². The summed E-state index contributed by atoms with van der Waals surface area (Å²) in [6, 6.07) is 7.59. The normalized spacial score (nSPS) is 15.8. The summed E-state index contributed by atoms with van der Waals surface area (Å²) in [6.07, 6.45) is 0. The van der Waals surface area contributed by atoms with Gasteiger partial charge in [-0.25, -0.2) is 8.93 Å². The van der Waals surface area contributed by atoms with Gasteiger partial charge in [0.25, 0.3) is 0 Å². The maximum atomic E-state index is 11.9. The van der Waals surface area contributed by atoms with Crippen molar-refractivity contribution in [2.24, 2.45) is 0 Å². The SMILES string of the molecule is C[C@@H](N[S@](=O)C(C)(C)C)c1ccccc1Cl. The van der Waals surface area contributed by atoms with Gasteiger partial charge in [-0.1, -0.05) is 29.8 Å². The van der Waals surface area contributed by atoms with Crippen LogP contribution < -0.4 is 4.72 Å². The summed E-state index contributed by atoms with van der Waals surface area (Å²) in [5.41, 5.74) is 0.974. The number of nitrogens with one attached hydrogen (secondary N) is 1. The van der Waals surface area contributed by atoms with Crippen LogP contribution in [0.5, 0.6) is 0 Å². The first-order chi connectivity index (χ1) is 7.32. The Morgan fingerprint density at radius 3 is 2.38 bits per heavy atom. The molecule has 2 nitrogen and oxygen atoms in total. The summed E-state index contributed by atoms with van der Waals surface area (Å²) in [5, 5.41) is 0.702. The van der Waals surface area contributed by atoms with E-state index in [0.717, 1.165) is 5.56 Å². The van der Waals surface area contributed by atoms with E-state index < -0.39 is 11.0 Å². The summed E-state index contributed by atoms with van der Waals surface area (Å²) in [5.74, 6) is 0. The Bertz CT molecular complexity index is 387. The van der Waals surface area contributed by atoms with Gasteiger partial charge in [-0.05, 0) is 39.3 Å². The predicted molar refractivity (Wildman–Crippen MR) is 70.9 cm³/mol. The average molecular weight is 260 g/mol. The first-order valence-electron chi connectivity index (χ1n) is 5.25. The molecule has 0 heterocycles. The lowest BCUT2D eigenvalue weighted by Crippen LogP contribution is -2.34. The Morgan fingerprint density at radius 2 is 1.88 bits per heavy atom. The molecule has 0 spiro atoms. The molecule has 0 aromatic heterocycles. The molecule has 0 fully saturated rings. The largest absolute Gasteiger partial charge is 0.242 e. The molecule has 0 amide bonds. The smallest absolute Gasteiger partial charge is 0.0975 e. The first kappa shape index (κ1) is 13.7. The standard InChI is InChI=1S/C12H18ClNOS/c1-9(14-16(15)12(2,3)4)10-7-5-6-8-11(10)13/h5-9,14H,1-4H3/t9-,16-/m1/s1. The van der Waals surface area contributed by atoms with Crippen molar-refractivity contribution >= 4 is 22.6 Å². The van der Waals surface area contributed by atoms with Gasteiger partial charge in [-0.15, -0.1) is 0 Å². The molecule has 0 aliphatic carbocycles. The van der Waals surface area contributed by atoms with E-state index in [-0.39, 0.29) is 10.8 Å². The topological polar surface area (TPSA) is 29.1 Å². The minimum Gasteiger partial charge on any atom is -0.242 e. The van der Waals surface area contributed by atoms with Crippen LogP contribution >= 0.6 is 11.6 Å². The zero-order valence-electron chi connectivity index (χ0n) is 10.1. The van der Waals surface area contributed by atoms with E-state index in [1.165, 1.54) is 0 Å². The maximum Gasteiger partial charge on any atom is 0.0975 e. The van der Waals surface area contributed by atoms with Gasteiger partial charge in [0.05, 0.1) is 15.7 Å². The fourth-order valence-corrected chi connectivity index (χ4v) is 2.33. The lowest BCUT2D eigenvalue weighted by molar-refractivity contribution is 0.616. The first-order valence-corrected chi connectivity index (χ1v) is 6.77. The Hall–Kier alpha value is -0.380. The minimum absolute atomic E-state index is 0.0197. The molecule has 0 saturated heterocycles. The molecule has 1 aromatic rings. The van der Waals surface area contributed by atoms with Crippen molar-refractivity contribution in [1.29, 1.82) is 0 Å². The van der Waals surface area contributed by atoms with E-state index in [4.69, 9.17) is 11.6 Å². The molecule has 0 bridgehead atoms. The molecule has 16 heavy (non-hydrogen) atoms. The van der Waals surface area contributed by atoms with Crippen LogP contribution in [0.2, 0.25) is 5.02 Å². The van der Waals surface area contributed by atoms with Crippen molar-refractivity contribution in [3.8, 4) is 0 Å². The highest BCUT2D eigenvalue weighted by Gasteiger charge is 2.22. The average Bonchev–Trinajstić information content (AvgIpc) is 2.16. The highest BCUT2D eigenvalue weighted by molar-refractivity contribution is 7.84. The van der Waals surface area contributed by atoms with Crippen LogP contribution in [0.25, 0.3) is 0 Å². The van der Waals surface area contributed by atoms with Gasteiger partial charge in [0.15, 0.2) is 0 Å². The van der Waals surface area contributed by atoms with Gasteiger partial charge in [-0.2, -0.15) is 0 Å². The second-order valence-electron chi connectivity index (χ2n) is 4.74. The fourth-order valence-electron chi connectivity index (χ4n) is 1.23. The molecular formula is C12H18ClNOS. The molecule has 0 aliphatic rings. The van der Waals surface area contributed by atoms with Crippen LogP contribution in [0, 0.1) is 0 Å². The molecule has 4 heteroatoms. The van der Waals surface area contributed by atoms with Crippen molar-refractivity contribution in [3.05, 3.63) is 34.9 Å². The minimum atomic E-state index is -1.08. The van der Waals surface area contributed by atoms with E-state index >= 15 is 0 Å². The fraction of sp³-hybridized carbons (Fsp3) is 0.500. The van der Waals surface area contributed by atoms with Gasteiger partial charge in [-0.3, -0.25) is 0 Å². The van der Waals surface area contributed by atoms with Crippen LogP contribution in [0.15, 0.2) is 24.3 Å². The molecule has 0 saturated carbocycles. The third-order valence-electron chi connectivity index (χ3n) is 2.21. The van der Waals surface area contributed by atoms with Gasteiger partial charge in [0.1, 0.15) is 0 Å². The predicted octanol–water partition coefficient (Wildman–Crippen LogP) is 3.45. The Kier molecular flexibility index (Phi) is 4.53. The molecular weight excluding hydrogens is 242 g/mol. The third kappa shape index (κ3) is 3.58. The van der Waals surface area contributed by atoms with E-state index in [1.54, 1.807) is 0 Å². The van der Waals surface area contributed by atoms with Crippen LogP contribution in [0.4, 0.5) is 0 Å². The van der Waals surface area contributed by atoms with Crippen LogP contribution in [-0.2, 0) is 11.0 Å². The second kappa shape index (κ2) is 5.30. The van der Waals surface area contributed by atoms with Crippen LogP contribution in [0.3, 0.4) is 0 Å². The van der Waals surface area contributed by atoms with Crippen molar-refractivity contribution in [3.63, 3.8) is 0 Å². The lowest BCUT2D eigenvalue weighted by atomic mass is 10.1. The molecule has 2 atom stereocenters. The number of benzene rings is 1. The third-order valence-corrected chi connectivity index (χ3v) is 4.24. The molecule has 0 unspecified atom stereocenters. The molecule has 1 N–H and O–H groups in total. The Morgan fingerprint density at radius 1 is 1.31 bits per heavy atom. The molecule has 90 valence electrons. The second-order valence-corrected chi connectivity index (χ2v) is 7.15. The number of halogens is 1. The summed E-state index contributed by atoms with van der Waals surface area (Å²) < 4.78 is 14.7. The Balaban J connectivity index is 2.78. The number of rotatable bonds is 3. The van der Waals surface area contributed by atoms with Crippen LogP contribution in [0.1, 0.15) is 39.3 Å². The van der Waals surface area contributed by atoms with Crippen molar-refractivity contribution in [2.45, 2.75) is 38.5 Å². The maximum absolute atomic E-state index is 11.9. The highest BCUT2D eigenvalue weighted by Crippen LogP contribution is 2.23. The van der Waals surface area contributed by atoms with Gasteiger partial charge >= 0.3 is 0 Å². The number of hydrogen-bond acceptors (Lipinski definition) is 1. The zero-order valence-corrected chi connectivity index (χ0v) is 11.7. The van der Waals surface area contributed by atoms with Gasteiger partial charge in [0, 0.05) is 11.1 Å². The summed E-state index contributed by atoms with van der Waals surface area (Å²) >= 11 is 6.08. The molecule has 1 rings (SSSR count). The van der Waals surface area contributed by atoms with Crippen molar-refractivity contribution in [2.75, 3.05) is 0 Å². The summed E-state index contributed by atoms with van der Waals surface area (Å²) in [4.78, 5) is 0. The highest BCUT2D eigenvalue weighted by atomic mass is 35.5.